The summed E-state index contributed by atoms with van der Waals surface area (Å²) in [5.41, 5.74) is -2.32. The van der Waals surface area contributed by atoms with Crippen LogP contribution in [0.15, 0.2) is 84.9 Å². The molecular formula is C28H25F3O2. The molecule has 3 unspecified atom stereocenters. The van der Waals surface area contributed by atoms with Crippen LogP contribution in [-0.2, 0) is 4.74 Å². The average Bonchev–Trinajstić information content (AvgIpc) is 3.49. The minimum atomic E-state index is -4.69. The Hall–Kier alpha value is -3.23. The van der Waals surface area contributed by atoms with E-state index in [9.17, 15) is 18.3 Å². The van der Waals surface area contributed by atoms with Crippen LogP contribution in [0, 0.1) is 11.8 Å². The quantitative estimate of drug-likeness (QED) is 0.330. The van der Waals surface area contributed by atoms with Gasteiger partial charge < -0.3 is 9.84 Å². The maximum atomic E-state index is 14.7. The number of unbranched alkanes of at least 4 members (excludes halogenated alkanes) is 1. The van der Waals surface area contributed by atoms with Crippen LogP contribution >= 0.6 is 0 Å². The van der Waals surface area contributed by atoms with Crippen molar-refractivity contribution in [3.05, 3.63) is 102 Å². The lowest BCUT2D eigenvalue weighted by atomic mass is 9.71. The molecule has 3 aromatic carbocycles. The van der Waals surface area contributed by atoms with Crippen LogP contribution in [0.2, 0.25) is 0 Å². The van der Waals surface area contributed by atoms with Crippen LogP contribution in [0.5, 0.6) is 5.75 Å². The van der Waals surface area contributed by atoms with Crippen molar-refractivity contribution in [2.45, 2.75) is 49.5 Å². The molecule has 0 aliphatic carbocycles. The lowest BCUT2D eigenvalue weighted by Crippen LogP contribution is -2.42. The number of aromatic hydroxyl groups is 1. The Labute approximate surface area is 192 Å². The maximum absolute atomic E-state index is 14.7. The SMILES string of the molecule is CCCCC1(C(c2ccccc2)c2ccc(O)cc2)OC1(C#Cc1ccccc1)C(F)(F)F. The van der Waals surface area contributed by atoms with Gasteiger partial charge in [-0.3, -0.25) is 0 Å². The van der Waals surface area contributed by atoms with Crippen molar-refractivity contribution in [3.63, 3.8) is 0 Å². The van der Waals surface area contributed by atoms with Crippen molar-refractivity contribution in [2.24, 2.45) is 0 Å². The van der Waals surface area contributed by atoms with Gasteiger partial charge in [-0.1, -0.05) is 86.3 Å². The number of alkyl halides is 3. The van der Waals surface area contributed by atoms with Crippen molar-refractivity contribution < 1.29 is 23.0 Å². The van der Waals surface area contributed by atoms with Crippen molar-refractivity contribution in [1.29, 1.82) is 0 Å². The Kier molecular flexibility index (Phi) is 6.23. The molecular weight excluding hydrogens is 425 g/mol. The Bertz CT molecular complexity index is 1130. The zero-order chi connectivity index (χ0) is 23.5. The molecule has 0 amide bonds. The van der Waals surface area contributed by atoms with Gasteiger partial charge in [0.2, 0.25) is 0 Å². The summed E-state index contributed by atoms with van der Waals surface area (Å²) in [7, 11) is 0. The number of hydrogen-bond acceptors (Lipinski definition) is 2. The standard InChI is InChI=1S/C28H25F3O2/c1-2-3-19-26(25(22-12-8-5-9-13-22)23-14-16-24(32)17-15-23)27(33-26,28(29,30)31)20-18-21-10-6-4-7-11-21/h4-17,25,32H,2-3,19H2,1H3. The first-order valence-corrected chi connectivity index (χ1v) is 11.0. The number of epoxide rings is 1. The highest BCUT2D eigenvalue weighted by atomic mass is 19.4. The minimum absolute atomic E-state index is 0.0517. The fourth-order valence-electron chi connectivity index (χ4n) is 4.55. The first-order chi connectivity index (χ1) is 15.8. The number of benzene rings is 3. The van der Waals surface area contributed by atoms with Crippen molar-refractivity contribution >= 4 is 0 Å². The lowest BCUT2D eigenvalue weighted by molar-refractivity contribution is -0.167. The van der Waals surface area contributed by atoms with Crippen molar-refractivity contribution in [3.8, 4) is 17.6 Å². The first kappa shape index (κ1) is 22.9. The van der Waals surface area contributed by atoms with Gasteiger partial charge in [0.15, 0.2) is 0 Å². The minimum Gasteiger partial charge on any atom is -0.508 e. The van der Waals surface area contributed by atoms with E-state index in [1.165, 1.54) is 12.1 Å². The van der Waals surface area contributed by atoms with Crippen LogP contribution in [0.1, 0.15) is 48.8 Å². The van der Waals surface area contributed by atoms with Crippen LogP contribution in [0.4, 0.5) is 13.2 Å². The fourth-order valence-corrected chi connectivity index (χ4v) is 4.55. The molecule has 1 aliphatic heterocycles. The normalized spacial score (nSPS) is 22.8. The summed E-state index contributed by atoms with van der Waals surface area (Å²) >= 11 is 0. The predicted octanol–water partition coefficient (Wildman–Crippen LogP) is 6.84. The van der Waals surface area contributed by atoms with Gasteiger partial charge in [0.1, 0.15) is 11.4 Å². The fraction of sp³-hybridized carbons (Fsp3) is 0.286. The number of phenolic OH excluding ortho intramolecular Hbond substituents is 1. The third-order valence-electron chi connectivity index (χ3n) is 6.17. The van der Waals surface area contributed by atoms with Crippen LogP contribution < -0.4 is 0 Å². The molecule has 170 valence electrons. The predicted molar refractivity (Wildman–Crippen MR) is 122 cm³/mol. The van der Waals surface area contributed by atoms with Gasteiger partial charge in [0.25, 0.3) is 5.60 Å². The molecule has 1 heterocycles. The van der Waals surface area contributed by atoms with Gasteiger partial charge in [0, 0.05) is 11.5 Å². The molecule has 3 atom stereocenters. The van der Waals surface area contributed by atoms with E-state index in [0.29, 0.717) is 23.1 Å². The topological polar surface area (TPSA) is 32.8 Å². The zero-order valence-electron chi connectivity index (χ0n) is 18.3. The maximum Gasteiger partial charge on any atom is 0.431 e. The van der Waals surface area contributed by atoms with E-state index in [4.69, 9.17) is 4.74 Å². The van der Waals surface area contributed by atoms with E-state index in [1.54, 1.807) is 42.5 Å². The Morgan fingerprint density at radius 3 is 2.03 bits per heavy atom. The molecule has 0 radical (unpaired) electrons. The van der Waals surface area contributed by atoms with Crippen LogP contribution in [-0.4, -0.2) is 22.5 Å². The van der Waals surface area contributed by atoms with E-state index in [1.807, 2.05) is 37.3 Å². The highest BCUT2D eigenvalue weighted by Crippen LogP contribution is 2.66. The highest BCUT2D eigenvalue weighted by Gasteiger charge is 2.84. The van der Waals surface area contributed by atoms with E-state index in [-0.39, 0.29) is 12.2 Å². The number of rotatable bonds is 6. The molecule has 0 aromatic heterocycles. The average molecular weight is 451 g/mol. The Morgan fingerprint density at radius 1 is 0.879 bits per heavy atom. The second kappa shape index (κ2) is 8.96. The molecule has 3 aromatic rings. The third kappa shape index (κ3) is 4.24. The van der Waals surface area contributed by atoms with Gasteiger partial charge in [-0.2, -0.15) is 13.2 Å². The largest absolute Gasteiger partial charge is 0.508 e. The second-order valence-corrected chi connectivity index (χ2v) is 8.33. The summed E-state index contributed by atoms with van der Waals surface area (Å²) < 4.78 is 49.9. The molecule has 0 saturated carbocycles. The molecule has 33 heavy (non-hydrogen) atoms. The molecule has 0 spiro atoms. The molecule has 5 heteroatoms. The summed E-state index contributed by atoms with van der Waals surface area (Å²) in [6.07, 6.45) is -3.20. The Morgan fingerprint density at radius 2 is 1.45 bits per heavy atom. The van der Waals surface area contributed by atoms with Crippen molar-refractivity contribution in [2.75, 3.05) is 0 Å². The molecule has 1 fully saturated rings. The van der Waals surface area contributed by atoms with Crippen LogP contribution in [0.3, 0.4) is 0 Å². The van der Waals surface area contributed by atoms with Gasteiger partial charge in [-0.05, 0) is 47.7 Å². The Balaban J connectivity index is 1.90. The van der Waals surface area contributed by atoms with Crippen LogP contribution in [0.25, 0.3) is 0 Å². The molecule has 0 bridgehead atoms. The second-order valence-electron chi connectivity index (χ2n) is 8.33. The molecule has 1 saturated heterocycles. The monoisotopic (exact) mass is 450 g/mol. The molecule has 4 rings (SSSR count). The number of hydrogen-bond donors (Lipinski definition) is 1. The van der Waals surface area contributed by atoms with E-state index >= 15 is 0 Å². The summed E-state index contributed by atoms with van der Waals surface area (Å²) in [5, 5.41) is 9.78. The van der Waals surface area contributed by atoms with Gasteiger partial charge in [-0.25, -0.2) is 0 Å². The zero-order valence-corrected chi connectivity index (χ0v) is 18.3. The third-order valence-corrected chi connectivity index (χ3v) is 6.17. The van der Waals surface area contributed by atoms with Crippen molar-refractivity contribution in [1.82, 2.24) is 0 Å². The van der Waals surface area contributed by atoms with E-state index in [2.05, 4.69) is 11.8 Å². The van der Waals surface area contributed by atoms with Gasteiger partial charge >= 0.3 is 6.18 Å². The number of halogens is 3. The lowest BCUT2D eigenvalue weighted by Gasteiger charge is -2.28. The molecule has 1 N–H and O–H groups in total. The summed E-state index contributed by atoms with van der Waals surface area (Å²) in [4.78, 5) is 0. The van der Waals surface area contributed by atoms with Gasteiger partial charge in [-0.15, -0.1) is 0 Å². The van der Waals surface area contributed by atoms with E-state index in [0.717, 1.165) is 6.42 Å². The van der Waals surface area contributed by atoms with Gasteiger partial charge in [0.05, 0.1) is 0 Å². The first-order valence-electron chi connectivity index (χ1n) is 11.0. The summed E-state index contributed by atoms with van der Waals surface area (Å²) in [6.45, 7) is 1.94. The highest BCUT2D eigenvalue weighted by molar-refractivity contribution is 5.50. The molecule has 1 aliphatic rings. The summed E-state index contributed by atoms with van der Waals surface area (Å²) in [5.74, 6) is 4.57. The number of phenols is 1. The van der Waals surface area contributed by atoms with E-state index < -0.39 is 23.3 Å². The smallest absolute Gasteiger partial charge is 0.431 e. The molecule has 2 nitrogen and oxygen atoms in total. The summed E-state index contributed by atoms with van der Waals surface area (Å²) in [6, 6.07) is 24.0. The number of ether oxygens (including phenoxy) is 1.